The smallest absolute Gasteiger partial charge is 0.347 e. The molecule has 0 bridgehead atoms. The number of carbonyl (C=O) groups is 4. The molecule has 2 aliphatic heterocycles. The van der Waals surface area contributed by atoms with Crippen LogP contribution in [0.3, 0.4) is 0 Å². The molecule has 0 radical (unpaired) electrons. The van der Waals surface area contributed by atoms with Crippen molar-refractivity contribution in [2.45, 2.75) is 19.3 Å². The van der Waals surface area contributed by atoms with Crippen LogP contribution in [0.5, 0.6) is 0 Å². The van der Waals surface area contributed by atoms with Crippen LogP contribution in [0.1, 0.15) is 44.2 Å². The van der Waals surface area contributed by atoms with Crippen molar-refractivity contribution in [3.05, 3.63) is 34.4 Å². The fourth-order valence-electron chi connectivity index (χ4n) is 2.37. The minimum atomic E-state index is -0.734. The minimum Gasteiger partial charge on any atom is -0.393 e. The van der Waals surface area contributed by atoms with Gasteiger partial charge in [-0.25, -0.2) is 9.59 Å². The Morgan fingerprint density at radius 3 is 2.42 bits per heavy atom. The van der Waals surface area contributed by atoms with Crippen LogP contribution < -0.4 is 0 Å². The van der Waals surface area contributed by atoms with Crippen LogP contribution in [0.4, 0.5) is 0 Å². The number of esters is 4. The number of carbonyl (C=O) groups excluding carboxylic acids is 4. The van der Waals surface area contributed by atoms with Crippen LogP contribution >= 0.6 is 0 Å². The second-order valence-electron chi connectivity index (χ2n) is 4.49. The maximum absolute atomic E-state index is 11.5. The summed E-state index contributed by atoms with van der Waals surface area (Å²) in [7, 11) is 0. The zero-order valence-corrected chi connectivity index (χ0v) is 9.89. The Labute approximate surface area is 107 Å². The summed E-state index contributed by atoms with van der Waals surface area (Å²) in [6.45, 7) is 1.64. The van der Waals surface area contributed by atoms with Gasteiger partial charge in [-0.05, 0) is 24.1 Å². The second kappa shape index (κ2) is 3.74. The minimum absolute atomic E-state index is 0.0555. The van der Waals surface area contributed by atoms with E-state index in [4.69, 9.17) is 0 Å². The molecule has 19 heavy (non-hydrogen) atoms. The zero-order chi connectivity index (χ0) is 13.7. The first-order valence-corrected chi connectivity index (χ1v) is 5.63. The van der Waals surface area contributed by atoms with Crippen LogP contribution in [-0.4, -0.2) is 23.9 Å². The van der Waals surface area contributed by atoms with Gasteiger partial charge in [0.05, 0.1) is 23.5 Å². The first-order chi connectivity index (χ1) is 8.97. The molecule has 0 aromatic heterocycles. The molecule has 0 N–H and O–H groups in total. The summed E-state index contributed by atoms with van der Waals surface area (Å²) in [4.78, 5) is 45.6. The van der Waals surface area contributed by atoms with Crippen molar-refractivity contribution in [2.24, 2.45) is 0 Å². The average molecular weight is 260 g/mol. The van der Waals surface area contributed by atoms with Crippen molar-refractivity contribution in [1.82, 2.24) is 0 Å². The van der Waals surface area contributed by atoms with E-state index in [2.05, 4.69) is 9.47 Å². The van der Waals surface area contributed by atoms with Crippen molar-refractivity contribution in [3.8, 4) is 0 Å². The van der Waals surface area contributed by atoms with Crippen molar-refractivity contribution >= 4 is 23.9 Å². The molecule has 6 nitrogen and oxygen atoms in total. The Morgan fingerprint density at radius 2 is 1.79 bits per heavy atom. The lowest BCUT2D eigenvalue weighted by atomic mass is 9.91. The van der Waals surface area contributed by atoms with Gasteiger partial charge in [0.25, 0.3) is 0 Å². The molecule has 2 heterocycles. The van der Waals surface area contributed by atoms with Gasteiger partial charge in [-0.1, -0.05) is 6.07 Å². The van der Waals surface area contributed by atoms with Crippen LogP contribution in [-0.2, 0) is 19.1 Å². The summed E-state index contributed by atoms with van der Waals surface area (Å²) in [5.74, 6) is -3.37. The van der Waals surface area contributed by atoms with Crippen LogP contribution in [0.15, 0.2) is 12.1 Å². The first kappa shape index (κ1) is 11.6. The van der Waals surface area contributed by atoms with Gasteiger partial charge in [-0.3, -0.25) is 9.59 Å². The molecule has 3 rings (SSSR count). The van der Waals surface area contributed by atoms with E-state index in [0.29, 0.717) is 11.1 Å². The predicted octanol–water partition coefficient (Wildman–Crippen LogP) is 0.863. The van der Waals surface area contributed by atoms with Gasteiger partial charge < -0.3 is 9.47 Å². The fraction of sp³-hybridized carbons (Fsp3) is 0.231. The quantitative estimate of drug-likeness (QED) is 0.550. The van der Waals surface area contributed by atoms with E-state index in [0.717, 1.165) is 0 Å². The molecule has 0 amide bonds. The summed E-state index contributed by atoms with van der Waals surface area (Å²) < 4.78 is 8.99. The number of fused-ring (bicyclic) bond motifs is 1. The molecule has 1 fully saturated rings. The van der Waals surface area contributed by atoms with Crippen LogP contribution in [0.2, 0.25) is 0 Å². The number of hydrogen-bond donors (Lipinski definition) is 0. The maximum atomic E-state index is 11.5. The monoisotopic (exact) mass is 260 g/mol. The Balaban J connectivity index is 2.11. The van der Waals surface area contributed by atoms with Crippen LogP contribution in [0.25, 0.3) is 0 Å². The highest BCUT2D eigenvalue weighted by atomic mass is 16.6. The molecule has 2 aliphatic rings. The molecule has 1 saturated heterocycles. The maximum Gasteiger partial charge on any atom is 0.347 e. The molecule has 96 valence electrons. The molecule has 6 heteroatoms. The number of benzene rings is 1. The van der Waals surface area contributed by atoms with E-state index in [1.165, 1.54) is 6.07 Å². The average Bonchev–Trinajstić information content (AvgIpc) is 2.80. The van der Waals surface area contributed by atoms with E-state index in [1.807, 2.05) is 0 Å². The summed E-state index contributed by atoms with van der Waals surface area (Å²) in [5, 5.41) is 0. The molecule has 0 saturated carbocycles. The van der Waals surface area contributed by atoms with Gasteiger partial charge in [-0.2, -0.15) is 0 Å². The van der Waals surface area contributed by atoms with E-state index in [9.17, 15) is 19.2 Å². The second-order valence-corrected chi connectivity index (χ2v) is 4.49. The third-order valence-electron chi connectivity index (χ3n) is 3.24. The number of ether oxygens (including phenoxy) is 2. The third kappa shape index (κ3) is 1.64. The summed E-state index contributed by atoms with van der Waals surface area (Å²) in [6.07, 6.45) is -0.0555. The number of aryl methyl sites for hydroxylation is 1. The lowest BCUT2D eigenvalue weighted by Gasteiger charge is -2.08. The summed E-state index contributed by atoms with van der Waals surface area (Å²) in [5.41, 5.74) is 1.37. The molecular formula is C13H8O6. The highest BCUT2D eigenvalue weighted by Crippen LogP contribution is 2.32. The highest BCUT2D eigenvalue weighted by molar-refractivity contribution is 6.15. The van der Waals surface area contributed by atoms with Crippen molar-refractivity contribution in [2.75, 3.05) is 0 Å². The van der Waals surface area contributed by atoms with Gasteiger partial charge in [-0.15, -0.1) is 0 Å². The normalized spacial score (nSPS) is 21.4. The SMILES string of the molecule is Cc1cc(C2CC(=O)OC2=O)cc2c1C(=O)OC2=O. The molecular weight excluding hydrogens is 252 g/mol. The Morgan fingerprint density at radius 1 is 1.05 bits per heavy atom. The molecule has 1 unspecified atom stereocenters. The summed E-state index contributed by atoms with van der Waals surface area (Å²) in [6, 6.07) is 3.02. The van der Waals surface area contributed by atoms with Gasteiger partial charge in [0, 0.05) is 0 Å². The number of rotatable bonds is 1. The first-order valence-electron chi connectivity index (χ1n) is 5.63. The number of hydrogen-bond acceptors (Lipinski definition) is 6. The summed E-state index contributed by atoms with van der Waals surface area (Å²) >= 11 is 0. The third-order valence-corrected chi connectivity index (χ3v) is 3.24. The van der Waals surface area contributed by atoms with E-state index in [-0.39, 0.29) is 17.5 Å². The molecule has 1 aromatic rings. The van der Waals surface area contributed by atoms with Gasteiger partial charge >= 0.3 is 23.9 Å². The molecule has 1 atom stereocenters. The predicted molar refractivity (Wildman–Crippen MR) is 59.4 cm³/mol. The number of cyclic esters (lactones) is 4. The molecule has 0 aliphatic carbocycles. The standard InChI is InChI=1S/C13H8O6/c1-5-2-6(7-4-9(14)18-11(7)15)3-8-10(5)13(17)19-12(8)16/h2-3,7H,4H2,1H3. The van der Waals surface area contributed by atoms with E-state index in [1.54, 1.807) is 13.0 Å². The Kier molecular flexibility index (Phi) is 2.28. The van der Waals surface area contributed by atoms with E-state index >= 15 is 0 Å². The lowest BCUT2D eigenvalue weighted by molar-refractivity contribution is -0.152. The Hall–Kier alpha value is -2.50. The topological polar surface area (TPSA) is 86.7 Å². The van der Waals surface area contributed by atoms with Crippen molar-refractivity contribution in [3.63, 3.8) is 0 Å². The molecule has 1 aromatic carbocycles. The van der Waals surface area contributed by atoms with Gasteiger partial charge in [0.15, 0.2) is 0 Å². The van der Waals surface area contributed by atoms with Crippen LogP contribution in [0, 0.1) is 6.92 Å². The van der Waals surface area contributed by atoms with Crippen molar-refractivity contribution in [1.29, 1.82) is 0 Å². The lowest BCUT2D eigenvalue weighted by Crippen LogP contribution is -2.08. The Bertz CT molecular complexity index is 657. The van der Waals surface area contributed by atoms with Crippen molar-refractivity contribution < 1.29 is 28.7 Å². The van der Waals surface area contributed by atoms with E-state index < -0.39 is 29.8 Å². The van der Waals surface area contributed by atoms with Gasteiger partial charge in [0.2, 0.25) is 0 Å². The van der Waals surface area contributed by atoms with Gasteiger partial charge in [0.1, 0.15) is 0 Å². The molecule has 0 spiro atoms. The highest BCUT2D eigenvalue weighted by Gasteiger charge is 2.38. The zero-order valence-electron chi connectivity index (χ0n) is 9.89. The fourth-order valence-corrected chi connectivity index (χ4v) is 2.37. The largest absolute Gasteiger partial charge is 0.393 e.